The van der Waals surface area contributed by atoms with Crippen molar-refractivity contribution in [3.63, 3.8) is 0 Å². The summed E-state index contributed by atoms with van der Waals surface area (Å²) < 4.78 is 13.3. The fraction of sp³-hybridized carbons (Fsp3) is 0.364. The molecule has 0 saturated carbocycles. The van der Waals surface area contributed by atoms with Crippen LogP contribution in [0.15, 0.2) is 48.5 Å². The first-order valence-corrected chi connectivity index (χ1v) is 9.27. The van der Waals surface area contributed by atoms with Gasteiger partial charge in [0.05, 0.1) is 5.41 Å². The third-order valence-electron chi connectivity index (χ3n) is 5.25. The van der Waals surface area contributed by atoms with Crippen LogP contribution in [0.5, 0.6) is 0 Å². The van der Waals surface area contributed by atoms with Crippen molar-refractivity contribution in [2.45, 2.75) is 33.2 Å². The second kappa shape index (κ2) is 7.91. The van der Waals surface area contributed by atoms with Crippen molar-refractivity contribution in [3.05, 3.63) is 71.0 Å². The summed E-state index contributed by atoms with van der Waals surface area (Å²) >= 11 is 0. The lowest BCUT2D eigenvalue weighted by Crippen LogP contribution is -2.51. The average Bonchev–Trinajstić information content (AvgIpc) is 2.66. The van der Waals surface area contributed by atoms with Gasteiger partial charge >= 0.3 is 0 Å². The van der Waals surface area contributed by atoms with Gasteiger partial charge in [0, 0.05) is 25.2 Å². The van der Waals surface area contributed by atoms with Crippen LogP contribution in [0.2, 0.25) is 0 Å². The summed E-state index contributed by atoms with van der Waals surface area (Å²) in [5, 5.41) is 2.90. The SMILES string of the molecule is Cc1ccccc1C(=O)N1CCCC(C)(C(=O)NCc2cccc(F)c2)C1. The Morgan fingerprint density at radius 3 is 2.70 bits per heavy atom. The van der Waals surface area contributed by atoms with Gasteiger partial charge in [-0.25, -0.2) is 4.39 Å². The lowest BCUT2D eigenvalue weighted by molar-refractivity contribution is -0.132. The Hall–Kier alpha value is -2.69. The van der Waals surface area contributed by atoms with E-state index in [4.69, 9.17) is 0 Å². The Morgan fingerprint density at radius 2 is 1.96 bits per heavy atom. The van der Waals surface area contributed by atoms with Gasteiger partial charge in [0.2, 0.25) is 5.91 Å². The number of hydrogen-bond donors (Lipinski definition) is 1. The number of likely N-dealkylation sites (tertiary alicyclic amines) is 1. The number of nitrogens with one attached hydrogen (secondary N) is 1. The number of rotatable bonds is 4. The number of halogens is 1. The minimum atomic E-state index is -0.649. The van der Waals surface area contributed by atoms with E-state index >= 15 is 0 Å². The first-order valence-electron chi connectivity index (χ1n) is 9.27. The summed E-state index contributed by atoms with van der Waals surface area (Å²) in [6.45, 7) is 5.13. The largest absolute Gasteiger partial charge is 0.351 e. The molecule has 2 aromatic rings. The fourth-order valence-electron chi connectivity index (χ4n) is 3.62. The Balaban J connectivity index is 1.67. The van der Waals surface area contributed by atoms with Gasteiger partial charge in [-0.1, -0.05) is 30.3 Å². The number of nitrogens with zero attached hydrogens (tertiary/aromatic N) is 1. The smallest absolute Gasteiger partial charge is 0.254 e. The topological polar surface area (TPSA) is 49.4 Å². The van der Waals surface area contributed by atoms with Gasteiger partial charge in [-0.3, -0.25) is 9.59 Å². The second-order valence-electron chi connectivity index (χ2n) is 7.52. The highest BCUT2D eigenvalue weighted by Gasteiger charge is 2.39. The zero-order valence-corrected chi connectivity index (χ0v) is 15.8. The third-order valence-corrected chi connectivity index (χ3v) is 5.25. The molecule has 2 aromatic carbocycles. The summed E-state index contributed by atoms with van der Waals surface area (Å²) in [4.78, 5) is 27.5. The van der Waals surface area contributed by atoms with Gasteiger partial charge in [0.1, 0.15) is 5.82 Å². The van der Waals surface area contributed by atoms with E-state index in [1.165, 1.54) is 12.1 Å². The van der Waals surface area contributed by atoms with Crippen LogP contribution in [-0.4, -0.2) is 29.8 Å². The maximum absolute atomic E-state index is 13.3. The standard InChI is InChI=1S/C22H25FN2O2/c1-16-7-3-4-10-19(16)20(26)25-12-6-11-22(2,15-25)21(27)24-14-17-8-5-9-18(23)13-17/h3-5,7-10,13H,6,11-12,14-15H2,1-2H3,(H,24,27). The van der Waals surface area contributed by atoms with Crippen LogP contribution in [0.1, 0.15) is 41.3 Å². The highest BCUT2D eigenvalue weighted by Crippen LogP contribution is 2.31. The fourth-order valence-corrected chi connectivity index (χ4v) is 3.62. The molecule has 1 saturated heterocycles. The van der Waals surface area contributed by atoms with Crippen molar-refractivity contribution >= 4 is 11.8 Å². The van der Waals surface area contributed by atoms with Crippen LogP contribution >= 0.6 is 0 Å². The van der Waals surface area contributed by atoms with Gasteiger partial charge < -0.3 is 10.2 Å². The monoisotopic (exact) mass is 368 g/mol. The van der Waals surface area contributed by atoms with Gasteiger partial charge in [-0.2, -0.15) is 0 Å². The molecular formula is C22H25FN2O2. The molecule has 2 amide bonds. The van der Waals surface area contributed by atoms with Crippen molar-refractivity contribution in [3.8, 4) is 0 Å². The molecule has 0 spiro atoms. The number of amides is 2. The quantitative estimate of drug-likeness (QED) is 0.895. The zero-order valence-electron chi connectivity index (χ0n) is 15.8. The van der Waals surface area contributed by atoms with E-state index in [1.54, 1.807) is 17.0 Å². The van der Waals surface area contributed by atoms with E-state index < -0.39 is 5.41 Å². The number of hydrogen-bond acceptors (Lipinski definition) is 2. The molecule has 142 valence electrons. The molecule has 4 nitrogen and oxygen atoms in total. The van der Waals surface area contributed by atoms with E-state index in [2.05, 4.69) is 5.32 Å². The Bertz CT molecular complexity index is 852. The number of aryl methyl sites for hydroxylation is 1. The number of carbonyl (C=O) groups excluding carboxylic acids is 2. The maximum Gasteiger partial charge on any atom is 0.254 e. The summed E-state index contributed by atoms with van der Waals surface area (Å²) in [6.07, 6.45) is 1.50. The molecule has 1 aliphatic rings. The van der Waals surface area contributed by atoms with Crippen molar-refractivity contribution < 1.29 is 14.0 Å². The Kier molecular flexibility index (Phi) is 5.59. The van der Waals surface area contributed by atoms with E-state index in [9.17, 15) is 14.0 Å². The molecule has 0 bridgehead atoms. The number of benzene rings is 2. The molecule has 1 aliphatic heterocycles. The molecule has 0 aromatic heterocycles. The lowest BCUT2D eigenvalue weighted by Gasteiger charge is -2.39. The van der Waals surface area contributed by atoms with Crippen molar-refractivity contribution in [1.29, 1.82) is 0 Å². The summed E-state index contributed by atoms with van der Waals surface area (Å²) in [5.41, 5.74) is 1.69. The summed E-state index contributed by atoms with van der Waals surface area (Å²) in [7, 11) is 0. The predicted molar refractivity (Wildman–Crippen MR) is 103 cm³/mol. The lowest BCUT2D eigenvalue weighted by atomic mass is 9.80. The zero-order chi connectivity index (χ0) is 19.4. The third kappa shape index (κ3) is 4.35. The van der Waals surface area contributed by atoms with Gasteiger partial charge in [-0.05, 0) is 56.0 Å². The molecule has 0 radical (unpaired) electrons. The first kappa shape index (κ1) is 19.1. The Morgan fingerprint density at radius 1 is 1.19 bits per heavy atom. The summed E-state index contributed by atoms with van der Waals surface area (Å²) in [5.74, 6) is -0.452. The Labute approximate surface area is 159 Å². The molecule has 1 N–H and O–H groups in total. The van der Waals surface area contributed by atoms with E-state index in [1.807, 2.05) is 38.1 Å². The van der Waals surface area contributed by atoms with Crippen LogP contribution in [0.25, 0.3) is 0 Å². The minimum absolute atomic E-state index is 0.0306. The summed E-state index contributed by atoms with van der Waals surface area (Å²) in [6, 6.07) is 13.7. The van der Waals surface area contributed by atoms with E-state index in [-0.39, 0.29) is 24.2 Å². The molecule has 0 aliphatic carbocycles. The molecule has 1 atom stereocenters. The van der Waals surface area contributed by atoms with Gasteiger partial charge in [-0.15, -0.1) is 0 Å². The molecule has 1 heterocycles. The first-order chi connectivity index (χ1) is 12.9. The van der Waals surface area contributed by atoms with Crippen molar-refractivity contribution in [1.82, 2.24) is 10.2 Å². The van der Waals surface area contributed by atoms with Gasteiger partial charge in [0.15, 0.2) is 0 Å². The maximum atomic E-state index is 13.3. The van der Waals surface area contributed by atoms with Crippen molar-refractivity contribution in [2.24, 2.45) is 5.41 Å². The highest BCUT2D eigenvalue weighted by atomic mass is 19.1. The van der Waals surface area contributed by atoms with Crippen molar-refractivity contribution in [2.75, 3.05) is 13.1 Å². The average molecular weight is 368 g/mol. The molecular weight excluding hydrogens is 343 g/mol. The number of carbonyl (C=O) groups is 2. The predicted octanol–water partition coefficient (Wildman–Crippen LogP) is 3.69. The molecule has 3 rings (SSSR count). The van der Waals surface area contributed by atoms with Crippen LogP contribution in [0.4, 0.5) is 4.39 Å². The normalized spacial score (nSPS) is 19.6. The van der Waals surface area contributed by atoms with Crippen LogP contribution < -0.4 is 5.32 Å². The molecule has 1 fully saturated rings. The van der Waals surface area contributed by atoms with Crippen LogP contribution in [0.3, 0.4) is 0 Å². The number of piperidine rings is 1. The van der Waals surface area contributed by atoms with Crippen LogP contribution in [-0.2, 0) is 11.3 Å². The highest BCUT2D eigenvalue weighted by molar-refractivity contribution is 5.96. The second-order valence-corrected chi connectivity index (χ2v) is 7.52. The van der Waals surface area contributed by atoms with Gasteiger partial charge in [0.25, 0.3) is 5.91 Å². The van der Waals surface area contributed by atoms with E-state index in [0.717, 1.165) is 24.0 Å². The minimum Gasteiger partial charge on any atom is -0.351 e. The molecule has 1 unspecified atom stereocenters. The van der Waals surface area contributed by atoms with E-state index in [0.29, 0.717) is 18.7 Å². The van der Waals surface area contributed by atoms with Crippen LogP contribution in [0, 0.1) is 18.2 Å². The molecule has 27 heavy (non-hydrogen) atoms. The molecule has 5 heteroatoms.